The molecule has 44 heteroatoms. The van der Waals surface area contributed by atoms with Crippen LogP contribution in [0.15, 0.2) is 60.7 Å². The average Bonchev–Trinajstić information content (AvgIpc) is 1.36. The number of benzene rings is 8. The molecular formula is C68H48O44. The molecule has 0 spiro atoms. The second kappa shape index (κ2) is 27.4. The van der Waals surface area contributed by atoms with Crippen molar-refractivity contribution in [3.05, 3.63) is 105 Å². The maximum absolute atomic E-state index is 15.5. The Morgan fingerprint density at radius 1 is 0.295 bits per heavy atom. The number of cyclic esters (lactones) is 1. The number of ether oxygens (including phenoxy) is 12. The number of carbonyl (C=O) groups excluding carboxylic acids is 8. The SMILES string of the molecule is O=C(O[C@@H]1[C@H]2OC(=O)c3cc(O)c(O)c(O)c3Oc3cc4c(c(O)c3O)-c3c(cc(O)c(O)c3O)C(=O)OC[C@H]3O[C@@H](O)[C@H](OC(=O)c5cc(O)c(O)c(O)c5Oc5cc6c(c(O)c5O)-c5c(cc(O)c(O)c5O)C(=O)O[C@@H]1[C@@H](COC6=O)O[C@H]2O)[C@@H](OC(=O)c1cc(O)c(O)c(O)c1)[C@@H]3OC4=O)c1cc(O)c(O)c(O)c1. The number of esters is 8. The van der Waals surface area contributed by atoms with Crippen molar-refractivity contribution in [2.75, 3.05) is 13.2 Å². The highest BCUT2D eigenvalue weighted by molar-refractivity contribution is 6.10. The van der Waals surface area contributed by atoms with Gasteiger partial charge in [-0.3, -0.25) is 0 Å². The number of phenolic OH excluding ortho intramolecular Hbond substituents is 22. The number of hydrogen-bond acceptors (Lipinski definition) is 44. The lowest BCUT2D eigenvalue weighted by Gasteiger charge is -2.42. The first kappa shape index (κ1) is 74.8. The minimum atomic E-state index is -2.94. The highest BCUT2D eigenvalue weighted by atomic mass is 16.7. The van der Waals surface area contributed by atoms with Gasteiger partial charge in [0.25, 0.3) is 0 Å². The molecule has 2 fully saturated rings. The summed E-state index contributed by atoms with van der Waals surface area (Å²) in [5.41, 5.74) is -15.9. The van der Waals surface area contributed by atoms with Gasteiger partial charge in [-0.2, -0.15) is 0 Å². The molecule has 24 N–H and O–H groups in total. The summed E-state index contributed by atoms with van der Waals surface area (Å²) in [7, 11) is 0. The quantitative estimate of drug-likeness (QED) is 0.0682. The van der Waals surface area contributed by atoms with E-state index in [-0.39, 0.29) is 30.3 Å². The summed E-state index contributed by atoms with van der Waals surface area (Å²) < 4.78 is 67.6. The number of phenols is 22. The van der Waals surface area contributed by atoms with Crippen LogP contribution in [0.3, 0.4) is 0 Å². The van der Waals surface area contributed by atoms with Crippen LogP contribution < -0.4 is 9.47 Å². The third-order valence-electron chi connectivity index (χ3n) is 17.7. The summed E-state index contributed by atoms with van der Waals surface area (Å²) in [6.07, 6.45) is -27.7. The number of fused-ring (bicyclic) bond motifs is 7. The van der Waals surface area contributed by atoms with Crippen LogP contribution in [0.25, 0.3) is 22.3 Å². The lowest BCUT2D eigenvalue weighted by atomic mass is 9.91. The minimum absolute atomic E-state index is 0.148. The van der Waals surface area contributed by atoms with Gasteiger partial charge >= 0.3 is 47.8 Å². The first-order valence-electron chi connectivity index (χ1n) is 31.2. The predicted molar refractivity (Wildman–Crippen MR) is 344 cm³/mol. The molecule has 6 heterocycles. The third kappa shape index (κ3) is 12.4. The molecule has 6 aliphatic heterocycles. The van der Waals surface area contributed by atoms with E-state index >= 15 is 19.2 Å². The summed E-state index contributed by atoms with van der Waals surface area (Å²) in [4.78, 5) is 119. The van der Waals surface area contributed by atoms with Crippen LogP contribution >= 0.6 is 0 Å². The molecule has 2 saturated heterocycles. The van der Waals surface area contributed by atoms with Gasteiger partial charge in [0.2, 0.25) is 46.0 Å². The molecule has 0 radical (unpaired) electrons. The van der Waals surface area contributed by atoms with Crippen LogP contribution in [0.2, 0.25) is 0 Å². The number of aliphatic hydroxyl groups excluding tert-OH is 2. The normalized spacial score (nSPS) is 21.4. The van der Waals surface area contributed by atoms with E-state index in [0.29, 0.717) is 30.3 Å². The van der Waals surface area contributed by atoms with Gasteiger partial charge in [0.15, 0.2) is 153 Å². The van der Waals surface area contributed by atoms with E-state index in [1.165, 1.54) is 0 Å². The summed E-state index contributed by atoms with van der Waals surface area (Å²) in [5, 5.41) is 269. The van der Waals surface area contributed by atoms with Gasteiger partial charge in [-0.1, -0.05) is 0 Å². The molecule has 0 aliphatic carbocycles. The highest BCUT2D eigenvalue weighted by Gasteiger charge is 2.56. The Balaban J connectivity index is 1.08. The van der Waals surface area contributed by atoms with E-state index in [9.17, 15) is 142 Å². The van der Waals surface area contributed by atoms with Gasteiger partial charge in [0.05, 0.1) is 33.4 Å². The standard InChI is InChI=1S/C68H48O44/c69-21-1-13(2-22(70)37(21)77)59(91)109-55-53-32-12-102-62(94)17-9-29(43(83)47(87)35(17)34-16(63(95)107-53)6-26(74)40(80)46(34)86)103-51-19(7-27(75)41(81)49(51)89)65(97)112-58-56(110-60(92)14-3-23(71)38(78)24(72)4-14)54-31(105-68(58)100)11-101-61(93)15-5-25(73)39(79)45(85)33(15)36-18(64(96)108-54)10-30(44(84)48(36)88)104-52-20(8-28(76)42(82)50(52)90)66(98)111-57(55)67(99)106-32/h1-10,31-32,53-58,67-90,99-100H,11-12H2/t31-,32-,53-,54-,55+,56+,57-,58-,67-,68-/m1/s1. The number of aromatic hydroxyl groups is 22. The van der Waals surface area contributed by atoms with Crippen molar-refractivity contribution in [1.82, 2.24) is 0 Å². The molecule has 14 rings (SSSR count). The van der Waals surface area contributed by atoms with Gasteiger partial charge in [0, 0.05) is 46.5 Å². The van der Waals surface area contributed by atoms with Gasteiger partial charge in [-0.15, -0.1) is 0 Å². The van der Waals surface area contributed by atoms with Crippen LogP contribution in [-0.2, 0) is 47.4 Å². The maximum atomic E-state index is 15.5. The van der Waals surface area contributed by atoms with E-state index in [0.717, 1.165) is 0 Å². The molecule has 8 aromatic rings. The lowest BCUT2D eigenvalue weighted by Crippen LogP contribution is -2.62. The maximum Gasteiger partial charge on any atom is 0.342 e. The summed E-state index contributed by atoms with van der Waals surface area (Å²) >= 11 is 0. The number of hydrogen-bond donors (Lipinski definition) is 24. The predicted octanol–water partition coefficient (Wildman–Crippen LogP) is 2.17. The van der Waals surface area contributed by atoms with Crippen LogP contribution in [0.4, 0.5) is 0 Å². The smallest absolute Gasteiger partial charge is 0.342 e. The van der Waals surface area contributed by atoms with Crippen molar-refractivity contribution in [3.63, 3.8) is 0 Å². The van der Waals surface area contributed by atoms with E-state index in [1.807, 2.05) is 0 Å². The van der Waals surface area contributed by atoms with E-state index in [1.54, 1.807) is 0 Å². The number of aliphatic hydroxyl groups is 2. The van der Waals surface area contributed by atoms with E-state index < -0.39 is 339 Å². The van der Waals surface area contributed by atoms with Gasteiger partial charge < -0.3 is 179 Å². The van der Waals surface area contributed by atoms with E-state index in [2.05, 4.69) is 0 Å². The molecule has 8 aromatic carbocycles. The molecule has 10 atom stereocenters. The van der Waals surface area contributed by atoms with Crippen LogP contribution in [-0.4, -0.2) is 245 Å². The zero-order valence-electron chi connectivity index (χ0n) is 54.9. The Morgan fingerprint density at radius 3 is 0.893 bits per heavy atom. The van der Waals surface area contributed by atoms with Gasteiger partial charge in [0.1, 0.15) is 36.5 Å². The molecule has 112 heavy (non-hydrogen) atoms. The molecule has 0 saturated carbocycles. The monoisotopic (exact) mass is 1570 g/mol. The number of carbonyl (C=O) groups is 8. The molecule has 6 aliphatic rings. The van der Waals surface area contributed by atoms with Crippen molar-refractivity contribution in [3.8, 4) is 172 Å². The zero-order chi connectivity index (χ0) is 81.3. The van der Waals surface area contributed by atoms with Crippen molar-refractivity contribution in [2.24, 2.45) is 0 Å². The van der Waals surface area contributed by atoms with Crippen LogP contribution in [0.1, 0.15) is 82.9 Å². The van der Waals surface area contributed by atoms with E-state index in [4.69, 9.17) is 56.8 Å². The molecule has 9 bridgehead atoms. The van der Waals surface area contributed by atoms with Crippen molar-refractivity contribution in [2.45, 2.75) is 61.4 Å². The largest absolute Gasteiger partial charge is 0.504 e. The molecule has 0 amide bonds. The highest BCUT2D eigenvalue weighted by Crippen LogP contribution is 2.59. The van der Waals surface area contributed by atoms with Crippen molar-refractivity contribution in [1.29, 1.82) is 0 Å². The van der Waals surface area contributed by atoms with Crippen molar-refractivity contribution < 1.29 is 218 Å². The number of rotatable bonds is 4. The Labute approximate surface area is 615 Å². The van der Waals surface area contributed by atoms with Crippen LogP contribution in [0, 0.1) is 0 Å². The average molecular weight is 1570 g/mol. The third-order valence-corrected chi connectivity index (χ3v) is 17.7. The second-order valence-electron chi connectivity index (χ2n) is 24.4. The van der Waals surface area contributed by atoms with Gasteiger partial charge in [-0.05, 0) is 36.4 Å². The summed E-state index contributed by atoms with van der Waals surface area (Å²) in [6, 6.07) is 2.96. The minimum Gasteiger partial charge on any atom is -0.504 e. The summed E-state index contributed by atoms with van der Waals surface area (Å²) in [5.74, 6) is -56.6. The fourth-order valence-electron chi connectivity index (χ4n) is 12.3. The fraction of sp³-hybridized carbons (Fsp3) is 0.176. The molecular weight excluding hydrogens is 1520 g/mol. The first-order valence-corrected chi connectivity index (χ1v) is 31.2. The first-order chi connectivity index (χ1) is 52.8. The Morgan fingerprint density at radius 2 is 0.554 bits per heavy atom. The Hall–Kier alpha value is -15.4. The lowest BCUT2D eigenvalue weighted by molar-refractivity contribution is -0.284. The molecule has 584 valence electrons. The molecule has 44 nitrogen and oxygen atoms in total. The zero-order valence-corrected chi connectivity index (χ0v) is 54.9. The Bertz CT molecular complexity index is 5420. The topological polar surface area (TPSA) is 733 Å². The van der Waals surface area contributed by atoms with Crippen molar-refractivity contribution >= 4 is 47.8 Å². The van der Waals surface area contributed by atoms with Crippen LogP contribution in [0.5, 0.6) is 149 Å². The fourth-order valence-corrected chi connectivity index (χ4v) is 12.3. The summed E-state index contributed by atoms with van der Waals surface area (Å²) in [6.45, 7) is -2.98. The van der Waals surface area contributed by atoms with Gasteiger partial charge in [-0.25, -0.2) is 38.4 Å². The molecule has 0 aromatic heterocycles. The molecule has 0 unspecified atom stereocenters. The second-order valence-corrected chi connectivity index (χ2v) is 24.4. The Kier molecular flexibility index (Phi) is 18.3.